The monoisotopic (exact) mass is 392 g/mol. The number of carbonyl (C=O) groups excluding carboxylic acids is 3. The largest absolute Gasteiger partial charge is 0.493 e. The lowest BCUT2D eigenvalue weighted by molar-refractivity contribution is -0.153. The van der Waals surface area contributed by atoms with Gasteiger partial charge in [0, 0.05) is 17.0 Å². The van der Waals surface area contributed by atoms with Crippen LogP contribution >= 0.6 is 15.9 Å². The van der Waals surface area contributed by atoms with Crippen LogP contribution in [0.15, 0.2) is 24.3 Å². The lowest BCUT2D eigenvalue weighted by Gasteiger charge is -2.32. The van der Waals surface area contributed by atoms with E-state index in [9.17, 15) is 14.4 Å². The average molecular weight is 393 g/mol. The lowest BCUT2D eigenvalue weighted by atomic mass is 9.71. The molecule has 1 heterocycles. The van der Waals surface area contributed by atoms with Crippen molar-refractivity contribution in [1.29, 1.82) is 0 Å². The van der Waals surface area contributed by atoms with Gasteiger partial charge in [-0.05, 0) is 12.1 Å². The summed E-state index contributed by atoms with van der Waals surface area (Å²) in [4.78, 5) is 37.7. The van der Waals surface area contributed by atoms with Gasteiger partial charge in [0.25, 0.3) is 0 Å². The summed E-state index contributed by atoms with van der Waals surface area (Å²) in [5.41, 5.74) is 0.966. The molecular weight excluding hydrogens is 380 g/mol. The van der Waals surface area contributed by atoms with Crippen LogP contribution in [0, 0.1) is 11.8 Å². The molecular formula is C17H13BrO6. The summed E-state index contributed by atoms with van der Waals surface area (Å²) in [6.45, 7) is 0. The molecule has 1 fully saturated rings. The van der Waals surface area contributed by atoms with Crippen LogP contribution in [0.5, 0.6) is 11.5 Å². The summed E-state index contributed by atoms with van der Waals surface area (Å²) in [6.07, 6.45) is 3.41. The minimum absolute atomic E-state index is 0.295. The molecule has 1 aliphatic heterocycles. The Morgan fingerprint density at radius 2 is 1.88 bits per heavy atom. The minimum Gasteiger partial charge on any atom is -0.493 e. The quantitative estimate of drug-likeness (QED) is 0.331. The van der Waals surface area contributed by atoms with Gasteiger partial charge < -0.3 is 14.2 Å². The maximum Gasteiger partial charge on any atom is 0.319 e. The lowest BCUT2D eigenvalue weighted by Crippen LogP contribution is -2.45. The second-order valence-corrected chi connectivity index (χ2v) is 7.30. The number of ether oxygens (including phenoxy) is 3. The van der Waals surface area contributed by atoms with Gasteiger partial charge in [-0.3, -0.25) is 14.4 Å². The van der Waals surface area contributed by atoms with Crippen LogP contribution in [-0.4, -0.2) is 36.3 Å². The molecule has 3 aliphatic carbocycles. The van der Waals surface area contributed by atoms with Crippen LogP contribution in [0.4, 0.5) is 0 Å². The average Bonchev–Trinajstić information content (AvgIpc) is 2.79. The van der Waals surface area contributed by atoms with E-state index in [1.54, 1.807) is 24.3 Å². The molecule has 0 saturated carbocycles. The Bertz CT molecular complexity index is 829. The molecule has 1 saturated heterocycles. The molecule has 0 unspecified atom stereocenters. The summed E-state index contributed by atoms with van der Waals surface area (Å²) < 4.78 is 14.3. The molecule has 4 atom stereocenters. The number of allylic oxidation sites excluding steroid dienone is 2. The zero-order chi connectivity index (χ0) is 17.2. The number of rotatable bonds is 2. The summed E-state index contributed by atoms with van der Waals surface area (Å²) in [5.74, 6) is -2.90. The highest BCUT2D eigenvalue weighted by molar-refractivity contribution is 9.10. The number of esters is 2. The van der Waals surface area contributed by atoms with Crippen molar-refractivity contribution in [2.45, 2.75) is 10.2 Å². The highest BCUT2D eigenvalue weighted by atomic mass is 79.9. The van der Waals surface area contributed by atoms with E-state index in [0.29, 0.717) is 22.6 Å². The number of cyclic esters (lactones) is 2. The van der Waals surface area contributed by atoms with Crippen molar-refractivity contribution in [3.8, 4) is 11.5 Å². The molecule has 1 aromatic rings. The van der Waals surface area contributed by atoms with Crippen molar-refractivity contribution in [3.63, 3.8) is 0 Å². The van der Waals surface area contributed by atoms with Gasteiger partial charge in [0.2, 0.25) is 0 Å². The van der Waals surface area contributed by atoms with Crippen LogP contribution in [0.25, 0.3) is 0 Å². The van der Waals surface area contributed by atoms with Crippen LogP contribution in [-0.2, 0) is 14.3 Å². The summed E-state index contributed by atoms with van der Waals surface area (Å²) in [6, 6.07) is 3.29. The van der Waals surface area contributed by atoms with E-state index in [2.05, 4.69) is 15.9 Å². The molecule has 6 nitrogen and oxygen atoms in total. The molecule has 4 aliphatic rings. The number of ketones is 1. The molecule has 0 radical (unpaired) electrons. The van der Waals surface area contributed by atoms with Gasteiger partial charge in [-0.1, -0.05) is 28.1 Å². The Labute approximate surface area is 145 Å². The first-order chi connectivity index (χ1) is 11.4. The number of alkyl halides is 1. The van der Waals surface area contributed by atoms with E-state index in [1.165, 1.54) is 14.2 Å². The van der Waals surface area contributed by atoms with E-state index in [4.69, 9.17) is 14.2 Å². The number of methoxy groups -OCH3 is 2. The zero-order valence-corrected chi connectivity index (χ0v) is 14.5. The molecule has 0 N–H and O–H groups in total. The van der Waals surface area contributed by atoms with Crippen molar-refractivity contribution in [1.82, 2.24) is 0 Å². The van der Waals surface area contributed by atoms with E-state index in [1.807, 2.05) is 0 Å². The molecule has 24 heavy (non-hydrogen) atoms. The van der Waals surface area contributed by atoms with E-state index >= 15 is 0 Å². The topological polar surface area (TPSA) is 78.9 Å². The Balaban J connectivity index is 2.06. The number of carbonyl (C=O) groups is 3. The summed E-state index contributed by atoms with van der Waals surface area (Å²) in [7, 11) is 2.97. The van der Waals surface area contributed by atoms with Crippen LogP contribution < -0.4 is 9.47 Å². The number of benzene rings is 1. The highest BCUT2D eigenvalue weighted by Gasteiger charge is 2.64. The van der Waals surface area contributed by atoms with Gasteiger partial charge in [-0.2, -0.15) is 0 Å². The fourth-order valence-corrected chi connectivity index (χ4v) is 4.78. The molecule has 0 aromatic heterocycles. The summed E-state index contributed by atoms with van der Waals surface area (Å²) >= 11 is 3.41. The Morgan fingerprint density at radius 1 is 1.12 bits per heavy atom. The van der Waals surface area contributed by atoms with Crippen LogP contribution in [0.3, 0.4) is 0 Å². The highest BCUT2D eigenvalue weighted by Crippen LogP contribution is 2.57. The fourth-order valence-electron chi connectivity index (χ4n) is 3.95. The maximum atomic E-state index is 13.2. The predicted molar refractivity (Wildman–Crippen MR) is 85.5 cm³/mol. The first-order valence-electron chi connectivity index (χ1n) is 7.37. The van der Waals surface area contributed by atoms with Crippen LogP contribution in [0.2, 0.25) is 0 Å². The number of halogens is 1. The van der Waals surface area contributed by atoms with Crippen LogP contribution in [0.1, 0.15) is 21.8 Å². The third-order valence-corrected chi connectivity index (χ3v) is 6.10. The Morgan fingerprint density at radius 3 is 2.54 bits per heavy atom. The van der Waals surface area contributed by atoms with E-state index < -0.39 is 34.0 Å². The first kappa shape index (κ1) is 15.4. The van der Waals surface area contributed by atoms with Gasteiger partial charge in [0.05, 0.1) is 26.1 Å². The maximum absolute atomic E-state index is 13.2. The van der Waals surface area contributed by atoms with Gasteiger partial charge in [0.1, 0.15) is 4.32 Å². The van der Waals surface area contributed by atoms with Crippen molar-refractivity contribution >= 4 is 33.7 Å². The molecule has 2 bridgehead atoms. The molecule has 1 aromatic carbocycles. The minimum atomic E-state index is -1.29. The zero-order valence-electron chi connectivity index (χ0n) is 12.9. The SMILES string of the molecule is COc1ccc2c(c1OC)[C@H]1C=C[C@@](Br)(C2=O)[C@H]2C(=O)OC(=O)[C@@H]12. The van der Waals surface area contributed by atoms with Gasteiger partial charge in [-0.15, -0.1) is 0 Å². The van der Waals surface area contributed by atoms with Gasteiger partial charge >= 0.3 is 11.9 Å². The van der Waals surface area contributed by atoms with E-state index in [0.717, 1.165) is 0 Å². The third-order valence-electron chi connectivity index (χ3n) is 4.98. The van der Waals surface area contributed by atoms with Gasteiger partial charge in [-0.25, -0.2) is 0 Å². The molecule has 0 amide bonds. The van der Waals surface area contributed by atoms with Crippen molar-refractivity contribution in [2.24, 2.45) is 11.8 Å². The standard InChI is InChI=1S/C17H13BrO6/c1-22-9-4-3-8-10(13(9)23-2)7-5-6-17(18,14(8)19)12-11(7)15(20)24-16(12)21/h3-7,11-12H,1-2H3/t7-,11+,12-,17+/m1/s1. The van der Waals surface area contributed by atoms with Crippen molar-refractivity contribution < 1.29 is 28.6 Å². The van der Waals surface area contributed by atoms with E-state index in [-0.39, 0.29) is 5.78 Å². The predicted octanol–water partition coefficient (Wildman–Crippen LogP) is 2.00. The van der Waals surface area contributed by atoms with Crippen molar-refractivity contribution in [3.05, 3.63) is 35.4 Å². The Hall–Kier alpha value is -2.15. The number of hydrogen-bond acceptors (Lipinski definition) is 6. The Kier molecular flexibility index (Phi) is 3.16. The first-order valence-corrected chi connectivity index (χ1v) is 8.16. The van der Waals surface area contributed by atoms with Gasteiger partial charge in [0.15, 0.2) is 17.3 Å². The molecule has 7 heteroatoms. The number of Topliss-reactive ketones (excluding diaryl/α,β-unsaturated/α-hetero) is 1. The number of hydrogen-bond donors (Lipinski definition) is 0. The third kappa shape index (κ3) is 1.68. The molecule has 124 valence electrons. The smallest absolute Gasteiger partial charge is 0.319 e. The fraction of sp³-hybridized carbons (Fsp3) is 0.353. The second kappa shape index (κ2) is 4.92. The normalized spacial score (nSPS) is 33.0. The molecule has 5 rings (SSSR count). The summed E-state index contributed by atoms with van der Waals surface area (Å²) in [5, 5.41) is 0. The second-order valence-electron chi connectivity index (χ2n) is 5.99. The van der Waals surface area contributed by atoms with Crippen molar-refractivity contribution in [2.75, 3.05) is 14.2 Å². The molecule has 0 spiro atoms.